The van der Waals surface area contributed by atoms with E-state index in [9.17, 15) is 5.11 Å². The largest absolute Gasteiger partial charge is 0.494 e. The Morgan fingerprint density at radius 2 is 1.85 bits per heavy atom. The molecular formula is C17H19ClO2. The molecule has 0 aliphatic rings. The molecule has 0 bridgehead atoms. The van der Waals surface area contributed by atoms with E-state index in [0.717, 1.165) is 28.9 Å². The van der Waals surface area contributed by atoms with Crippen LogP contribution in [0.4, 0.5) is 0 Å². The van der Waals surface area contributed by atoms with Gasteiger partial charge in [0.1, 0.15) is 11.9 Å². The minimum Gasteiger partial charge on any atom is -0.494 e. The van der Waals surface area contributed by atoms with Gasteiger partial charge in [-0.2, -0.15) is 0 Å². The SMILES string of the molecule is CCCOc1ccc(C(O)c2ccc(Cl)cc2C)cc1. The molecule has 1 atom stereocenters. The third kappa shape index (κ3) is 3.53. The van der Waals surface area contributed by atoms with Crippen LogP contribution in [-0.2, 0) is 0 Å². The Bertz CT molecular complexity index is 564. The highest BCUT2D eigenvalue weighted by Crippen LogP contribution is 2.27. The zero-order valence-electron chi connectivity index (χ0n) is 11.8. The molecule has 2 aromatic rings. The summed E-state index contributed by atoms with van der Waals surface area (Å²) in [4.78, 5) is 0. The predicted molar refractivity (Wildman–Crippen MR) is 82.5 cm³/mol. The van der Waals surface area contributed by atoms with Crippen LogP contribution >= 0.6 is 11.6 Å². The first-order chi connectivity index (χ1) is 9.61. The van der Waals surface area contributed by atoms with Gasteiger partial charge in [-0.1, -0.05) is 36.7 Å². The topological polar surface area (TPSA) is 29.5 Å². The molecule has 0 radical (unpaired) electrons. The van der Waals surface area contributed by atoms with Crippen LogP contribution in [0.3, 0.4) is 0 Å². The van der Waals surface area contributed by atoms with Gasteiger partial charge < -0.3 is 9.84 Å². The van der Waals surface area contributed by atoms with Crippen molar-refractivity contribution in [3.05, 3.63) is 64.2 Å². The number of aliphatic hydroxyl groups excluding tert-OH is 1. The fourth-order valence-electron chi connectivity index (χ4n) is 2.09. The molecule has 0 saturated carbocycles. The Balaban J connectivity index is 2.18. The third-order valence-corrected chi connectivity index (χ3v) is 3.43. The molecule has 0 saturated heterocycles. The highest BCUT2D eigenvalue weighted by Gasteiger charge is 2.13. The van der Waals surface area contributed by atoms with Crippen LogP contribution in [-0.4, -0.2) is 11.7 Å². The monoisotopic (exact) mass is 290 g/mol. The van der Waals surface area contributed by atoms with Crippen molar-refractivity contribution in [2.75, 3.05) is 6.61 Å². The van der Waals surface area contributed by atoms with E-state index < -0.39 is 6.10 Å². The van der Waals surface area contributed by atoms with Crippen LogP contribution in [0.2, 0.25) is 5.02 Å². The molecule has 0 aromatic heterocycles. The lowest BCUT2D eigenvalue weighted by atomic mass is 9.97. The molecule has 0 fully saturated rings. The summed E-state index contributed by atoms with van der Waals surface area (Å²) in [6.45, 7) is 4.72. The average Bonchev–Trinajstić information content (AvgIpc) is 2.45. The van der Waals surface area contributed by atoms with E-state index in [1.54, 1.807) is 6.07 Å². The van der Waals surface area contributed by atoms with Gasteiger partial charge in [-0.05, 0) is 54.3 Å². The second kappa shape index (κ2) is 6.78. The molecule has 3 heteroatoms. The summed E-state index contributed by atoms with van der Waals surface area (Å²) in [5, 5.41) is 11.1. The van der Waals surface area contributed by atoms with Crippen molar-refractivity contribution in [3.63, 3.8) is 0 Å². The van der Waals surface area contributed by atoms with Crippen molar-refractivity contribution in [2.45, 2.75) is 26.4 Å². The second-order valence-electron chi connectivity index (χ2n) is 4.82. The fraction of sp³-hybridized carbons (Fsp3) is 0.294. The van der Waals surface area contributed by atoms with Crippen molar-refractivity contribution >= 4 is 11.6 Å². The van der Waals surface area contributed by atoms with Crippen molar-refractivity contribution in [1.29, 1.82) is 0 Å². The Morgan fingerprint density at radius 3 is 2.45 bits per heavy atom. The van der Waals surface area contributed by atoms with Crippen LogP contribution < -0.4 is 4.74 Å². The first kappa shape index (κ1) is 14.9. The van der Waals surface area contributed by atoms with E-state index >= 15 is 0 Å². The van der Waals surface area contributed by atoms with Gasteiger partial charge in [0.15, 0.2) is 0 Å². The summed E-state index contributed by atoms with van der Waals surface area (Å²) in [5.41, 5.74) is 2.70. The molecule has 0 spiro atoms. The van der Waals surface area contributed by atoms with Crippen molar-refractivity contribution < 1.29 is 9.84 Å². The number of hydrogen-bond donors (Lipinski definition) is 1. The molecule has 2 aromatic carbocycles. The van der Waals surface area contributed by atoms with Gasteiger partial charge >= 0.3 is 0 Å². The predicted octanol–water partition coefficient (Wildman–Crippen LogP) is 4.52. The molecule has 2 nitrogen and oxygen atoms in total. The molecule has 106 valence electrons. The lowest BCUT2D eigenvalue weighted by molar-refractivity contribution is 0.219. The van der Waals surface area contributed by atoms with Gasteiger partial charge in [-0.25, -0.2) is 0 Å². The van der Waals surface area contributed by atoms with Crippen molar-refractivity contribution in [2.24, 2.45) is 0 Å². The molecule has 0 heterocycles. The third-order valence-electron chi connectivity index (χ3n) is 3.20. The maximum atomic E-state index is 10.4. The van der Waals surface area contributed by atoms with E-state index in [1.807, 2.05) is 43.3 Å². The maximum Gasteiger partial charge on any atom is 0.119 e. The first-order valence-corrected chi connectivity index (χ1v) is 7.16. The minimum atomic E-state index is -0.646. The van der Waals surface area contributed by atoms with Crippen LogP contribution in [0.5, 0.6) is 5.75 Å². The number of aliphatic hydroxyl groups is 1. The number of hydrogen-bond acceptors (Lipinski definition) is 2. The molecule has 1 unspecified atom stereocenters. The van der Waals surface area contributed by atoms with E-state index in [1.165, 1.54) is 0 Å². The molecule has 1 N–H and O–H groups in total. The zero-order valence-corrected chi connectivity index (χ0v) is 12.5. The lowest BCUT2D eigenvalue weighted by Gasteiger charge is -2.15. The highest BCUT2D eigenvalue weighted by atomic mass is 35.5. The lowest BCUT2D eigenvalue weighted by Crippen LogP contribution is -2.02. The Morgan fingerprint density at radius 1 is 1.15 bits per heavy atom. The summed E-state index contributed by atoms with van der Waals surface area (Å²) in [6, 6.07) is 13.1. The normalized spacial score (nSPS) is 12.2. The first-order valence-electron chi connectivity index (χ1n) is 6.78. The molecule has 0 amide bonds. The maximum absolute atomic E-state index is 10.4. The van der Waals surface area contributed by atoms with Crippen LogP contribution in [0.25, 0.3) is 0 Å². The van der Waals surface area contributed by atoms with Gasteiger partial charge in [0.05, 0.1) is 6.61 Å². The molecule has 2 rings (SSSR count). The summed E-state index contributed by atoms with van der Waals surface area (Å²) in [5.74, 6) is 0.829. The Hall–Kier alpha value is -1.51. The van der Waals surface area contributed by atoms with Gasteiger partial charge in [-0.15, -0.1) is 0 Å². The summed E-state index contributed by atoms with van der Waals surface area (Å²) in [7, 11) is 0. The number of halogens is 1. The quantitative estimate of drug-likeness (QED) is 0.877. The Labute approximate surface area is 125 Å². The zero-order chi connectivity index (χ0) is 14.5. The fourth-order valence-corrected chi connectivity index (χ4v) is 2.32. The molecular weight excluding hydrogens is 272 g/mol. The second-order valence-corrected chi connectivity index (χ2v) is 5.26. The standard InChI is InChI=1S/C17H19ClO2/c1-3-10-20-15-7-4-13(5-8-15)17(19)16-9-6-14(18)11-12(16)2/h4-9,11,17,19H,3,10H2,1-2H3. The van der Waals surface area contributed by atoms with Crippen molar-refractivity contribution in [3.8, 4) is 5.75 Å². The molecule has 0 aliphatic carbocycles. The number of benzene rings is 2. The van der Waals surface area contributed by atoms with Crippen LogP contribution in [0.15, 0.2) is 42.5 Å². The number of aryl methyl sites for hydroxylation is 1. The van der Waals surface area contributed by atoms with E-state index in [4.69, 9.17) is 16.3 Å². The van der Waals surface area contributed by atoms with Crippen molar-refractivity contribution in [1.82, 2.24) is 0 Å². The minimum absolute atomic E-state index is 0.646. The van der Waals surface area contributed by atoms with Crippen LogP contribution in [0, 0.1) is 6.92 Å². The molecule has 0 aliphatic heterocycles. The number of rotatable bonds is 5. The smallest absolute Gasteiger partial charge is 0.119 e. The van der Waals surface area contributed by atoms with E-state index in [2.05, 4.69) is 6.92 Å². The summed E-state index contributed by atoms with van der Waals surface area (Å²) >= 11 is 5.94. The summed E-state index contributed by atoms with van der Waals surface area (Å²) < 4.78 is 5.54. The van der Waals surface area contributed by atoms with Gasteiger partial charge in [-0.3, -0.25) is 0 Å². The average molecular weight is 291 g/mol. The van der Waals surface area contributed by atoms with E-state index in [0.29, 0.717) is 11.6 Å². The summed E-state index contributed by atoms with van der Waals surface area (Å²) in [6.07, 6.45) is 0.335. The Kier molecular flexibility index (Phi) is 5.05. The number of ether oxygens (including phenoxy) is 1. The van der Waals surface area contributed by atoms with Gasteiger partial charge in [0, 0.05) is 5.02 Å². The molecule has 20 heavy (non-hydrogen) atoms. The van der Waals surface area contributed by atoms with Gasteiger partial charge in [0.2, 0.25) is 0 Å². The van der Waals surface area contributed by atoms with Crippen LogP contribution in [0.1, 0.15) is 36.1 Å². The van der Waals surface area contributed by atoms with E-state index in [-0.39, 0.29) is 0 Å². The highest BCUT2D eigenvalue weighted by molar-refractivity contribution is 6.30. The van der Waals surface area contributed by atoms with Gasteiger partial charge in [0.25, 0.3) is 0 Å².